The van der Waals surface area contributed by atoms with Crippen LogP contribution in [0.3, 0.4) is 0 Å². The second-order valence-corrected chi connectivity index (χ2v) is 5.15. The Kier molecular flexibility index (Phi) is 6.56. The molecular weight excluding hydrogens is 258 g/mol. The summed E-state index contributed by atoms with van der Waals surface area (Å²) in [4.78, 5) is 12.9. The van der Waals surface area contributed by atoms with Gasteiger partial charge in [0.25, 0.3) is 0 Å². The summed E-state index contributed by atoms with van der Waals surface area (Å²) in [6.45, 7) is 9.03. The maximum absolute atomic E-state index is 4.31. The predicted octanol–water partition coefficient (Wildman–Crippen LogP) is 2.66. The second-order valence-electron chi connectivity index (χ2n) is 4.37. The Bertz CT molecular complexity index is 353. The molecule has 2 N–H and O–H groups in total. The maximum Gasteiger partial charge on any atom is 0.228 e. The molecule has 0 saturated heterocycles. The predicted molar refractivity (Wildman–Crippen MR) is 76.4 cm³/mol. The minimum Gasteiger partial charge on any atom is -0.354 e. The van der Waals surface area contributed by atoms with Crippen molar-refractivity contribution in [3.05, 3.63) is 0 Å². The standard InChI is InChI=1S/C10H19N5S.ClH/c1-6-11-7-12-8(15-10(2,3)4)14-9(13-7)16-5;/h6H2,1-5H3,(H2,11,12,13,14,15);1H. The van der Waals surface area contributed by atoms with Gasteiger partial charge in [0, 0.05) is 12.1 Å². The molecule has 1 rings (SSSR count). The normalized spacial score (nSPS) is 10.6. The van der Waals surface area contributed by atoms with Crippen LogP contribution >= 0.6 is 24.2 Å². The highest BCUT2D eigenvalue weighted by Crippen LogP contribution is 2.16. The van der Waals surface area contributed by atoms with Gasteiger partial charge in [0.1, 0.15) is 0 Å². The van der Waals surface area contributed by atoms with Gasteiger partial charge in [0.2, 0.25) is 11.9 Å². The molecule has 7 heteroatoms. The minimum atomic E-state index is -0.0550. The van der Waals surface area contributed by atoms with E-state index in [0.29, 0.717) is 11.9 Å². The summed E-state index contributed by atoms with van der Waals surface area (Å²) in [6, 6.07) is 0. The van der Waals surface area contributed by atoms with Crippen LogP contribution in [-0.2, 0) is 0 Å². The maximum atomic E-state index is 4.31. The first-order chi connectivity index (χ1) is 7.44. The Labute approximate surface area is 113 Å². The zero-order valence-electron chi connectivity index (χ0n) is 10.9. The van der Waals surface area contributed by atoms with E-state index in [9.17, 15) is 0 Å². The fourth-order valence-corrected chi connectivity index (χ4v) is 1.43. The lowest BCUT2D eigenvalue weighted by atomic mass is 10.1. The van der Waals surface area contributed by atoms with Crippen molar-refractivity contribution in [2.75, 3.05) is 23.4 Å². The van der Waals surface area contributed by atoms with Crippen LogP contribution in [0.4, 0.5) is 11.9 Å². The van der Waals surface area contributed by atoms with Crippen molar-refractivity contribution in [1.82, 2.24) is 15.0 Å². The molecule has 0 aliphatic heterocycles. The van der Waals surface area contributed by atoms with Gasteiger partial charge in [-0.15, -0.1) is 12.4 Å². The molecule has 1 aromatic heterocycles. The molecule has 1 aromatic rings. The third kappa shape index (κ3) is 5.93. The lowest BCUT2D eigenvalue weighted by Crippen LogP contribution is -2.27. The van der Waals surface area contributed by atoms with Crippen LogP contribution in [-0.4, -0.2) is 33.3 Å². The van der Waals surface area contributed by atoms with Crippen LogP contribution in [0.15, 0.2) is 5.16 Å². The number of anilines is 2. The number of nitrogens with zero attached hydrogens (tertiary/aromatic N) is 3. The fourth-order valence-electron chi connectivity index (χ4n) is 1.08. The number of thioether (sulfide) groups is 1. The number of halogens is 1. The Hall–Kier alpha value is -0.750. The molecule has 0 radical (unpaired) electrons. The molecule has 98 valence electrons. The summed E-state index contributed by atoms with van der Waals surface area (Å²) in [5.74, 6) is 1.23. The van der Waals surface area contributed by atoms with E-state index in [1.54, 1.807) is 0 Å². The van der Waals surface area contributed by atoms with E-state index in [-0.39, 0.29) is 17.9 Å². The third-order valence-electron chi connectivity index (χ3n) is 1.62. The number of aromatic nitrogens is 3. The monoisotopic (exact) mass is 277 g/mol. The van der Waals surface area contributed by atoms with Crippen LogP contribution in [0, 0.1) is 0 Å². The highest BCUT2D eigenvalue weighted by Gasteiger charge is 2.13. The summed E-state index contributed by atoms with van der Waals surface area (Å²) in [7, 11) is 0. The van der Waals surface area contributed by atoms with Gasteiger partial charge in [-0.25, -0.2) is 0 Å². The van der Waals surface area contributed by atoms with E-state index < -0.39 is 0 Å². The van der Waals surface area contributed by atoms with Crippen LogP contribution in [0.5, 0.6) is 0 Å². The average Bonchev–Trinajstić information content (AvgIpc) is 2.15. The largest absolute Gasteiger partial charge is 0.354 e. The lowest BCUT2D eigenvalue weighted by molar-refractivity contribution is 0.622. The SMILES string of the molecule is CCNc1nc(NC(C)(C)C)nc(SC)n1.Cl. The van der Waals surface area contributed by atoms with Crippen molar-refractivity contribution in [1.29, 1.82) is 0 Å². The smallest absolute Gasteiger partial charge is 0.228 e. The zero-order chi connectivity index (χ0) is 12.2. The molecule has 1 heterocycles. The molecule has 0 fully saturated rings. The number of hydrogen-bond acceptors (Lipinski definition) is 6. The molecule has 0 bridgehead atoms. The lowest BCUT2D eigenvalue weighted by Gasteiger charge is -2.20. The van der Waals surface area contributed by atoms with Gasteiger partial charge in [-0.05, 0) is 34.0 Å². The summed E-state index contributed by atoms with van der Waals surface area (Å²) in [5.41, 5.74) is -0.0550. The van der Waals surface area contributed by atoms with Gasteiger partial charge in [-0.1, -0.05) is 11.8 Å². The average molecular weight is 278 g/mol. The molecule has 0 aromatic carbocycles. The molecular formula is C10H20ClN5S. The fraction of sp³-hybridized carbons (Fsp3) is 0.700. The molecule has 0 amide bonds. The molecule has 0 aliphatic carbocycles. The molecule has 5 nitrogen and oxygen atoms in total. The van der Waals surface area contributed by atoms with E-state index in [2.05, 4.69) is 46.4 Å². The van der Waals surface area contributed by atoms with E-state index >= 15 is 0 Å². The summed E-state index contributed by atoms with van der Waals surface area (Å²) < 4.78 is 0. The Balaban J connectivity index is 0.00000256. The minimum absolute atomic E-state index is 0. The van der Waals surface area contributed by atoms with Crippen LogP contribution in [0.25, 0.3) is 0 Å². The van der Waals surface area contributed by atoms with Crippen molar-refractivity contribution in [2.24, 2.45) is 0 Å². The molecule has 0 saturated carbocycles. The number of hydrogen-bond donors (Lipinski definition) is 2. The van der Waals surface area contributed by atoms with Crippen LogP contribution in [0.2, 0.25) is 0 Å². The van der Waals surface area contributed by atoms with Crippen LogP contribution < -0.4 is 10.6 Å². The highest BCUT2D eigenvalue weighted by molar-refractivity contribution is 7.98. The van der Waals surface area contributed by atoms with Crippen LogP contribution in [0.1, 0.15) is 27.7 Å². The summed E-state index contributed by atoms with van der Waals surface area (Å²) >= 11 is 1.51. The Morgan fingerprint density at radius 3 is 2.18 bits per heavy atom. The first kappa shape index (κ1) is 16.2. The summed E-state index contributed by atoms with van der Waals surface area (Å²) in [5, 5.41) is 7.05. The van der Waals surface area contributed by atoms with Gasteiger partial charge < -0.3 is 10.6 Å². The molecule has 0 aliphatic rings. The Morgan fingerprint density at radius 1 is 1.12 bits per heavy atom. The summed E-state index contributed by atoms with van der Waals surface area (Å²) in [6.07, 6.45) is 1.95. The van der Waals surface area contributed by atoms with Gasteiger partial charge in [-0.3, -0.25) is 0 Å². The van der Waals surface area contributed by atoms with Gasteiger partial charge in [0.15, 0.2) is 5.16 Å². The van der Waals surface area contributed by atoms with Gasteiger partial charge in [-0.2, -0.15) is 15.0 Å². The third-order valence-corrected chi connectivity index (χ3v) is 2.17. The first-order valence-electron chi connectivity index (χ1n) is 5.26. The van der Waals surface area contributed by atoms with Crippen molar-refractivity contribution in [3.63, 3.8) is 0 Å². The molecule has 0 unspecified atom stereocenters. The number of rotatable bonds is 4. The zero-order valence-corrected chi connectivity index (χ0v) is 12.5. The molecule has 0 spiro atoms. The quantitative estimate of drug-likeness (QED) is 0.825. The van der Waals surface area contributed by atoms with Gasteiger partial charge in [0.05, 0.1) is 0 Å². The van der Waals surface area contributed by atoms with E-state index in [1.165, 1.54) is 11.8 Å². The second kappa shape index (κ2) is 6.86. The highest BCUT2D eigenvalue weighted by atomic mass is 35.5. The van der Waals surface area contributed by atoms with E-state index in [1.807, 2.05) is 13.2 Å². The Morgan fingerprint density at radius 2 is 1.71 bits per heavy atom. The van der Waals surface area contributed by atoms with Gasteiger partial charge >= 0.3 is 0 Å². The molecule has 0 atom stereocenters. The van der Waals surface area contributed by atoms with E-state index in [0.717, 1.165) is 11.7 Å². The van der Waals surface area contributed by atoms with Crippen molar-refractivity contribution in [3.8, 4) is 0 Å². The topological polar surface area (TPSA) is 62.7 Å². The van der Waals surface area contributed by atoms with Crippen molar-refractivity contribution < 1.29 is 0 Å². The first-order valence-corrected chi connectivity index (χ1v) is 6.49. The van der Waals surface area contributed by atoms with Crippen molar-refractivity contribution in [2.45, 2.75) is 38.4 Å². The number of nitrogens with one attached hydrogen (secondary N) is 2. The van der Waals surface area contributed by atoms with E-state index in [4.69, 9.17) is 0 Å². The molecule has 17 heavy (non-hydrogen) atoms. The van der Waals surface area contributed by atoms with Crippen molar-refractivity contribution >= 4 is 36.1 Å².